The van der Waals surface area contributed by atoms with Crippen LogP contribution in [-0.2, 0) is 14.9 Å². The van der Waals surface area contributed by atoms with E-state index >= 15 is 0 Å². The van der Waals surface area contributed by atoms with E-state index in [1.54, 1.807) is 0 Å². The lowest BCUT2D eigenvalue weighted by Crippen LogP contribution is -2.40. The van der Waals surface area contributed by atoms with Crippen LogP contribution in [0.5, 0.6) is 0 Å². The van der Waals surface area contributed by atoms with E-state index in [9.17, 15) is 4.79 Å². The van der Waals surface area contributed by atoms with E-state index in [0.29, 0.717) is 12.8 Å². The average molecular weight is 321 g/mol. The number of hydrogen-bond acceptors (Lipinski definition) is 3. The first-order chi connectivity index (χ1) is 11.6. The number of benzene rings is 2. The van der Waals surface area contributed by atoms with Gasteiger partial charge in [0.25, 0.3) is 0 Å². The molecule has 0 aliphatic rings. The van der Waals surface area contributed by atoms with Gasteiger partial charge in [0.2, 0.25) is 0 Å². The third-order valence-electron chi connectivity index (χ3n) is 4.47. The summed E-state index contributed by atoms with van der Waals surface area (Å²) in [5, 5.41) is 8.86. The number of nitrogens with zero attached hydrogens (tertiary/aromatic N) is 1. The standard InChI is InChI=1S/C21H23NO2/c1-17(10-9-15-22)16-21(20(23)24-2,18-11-5-3-6-12-18)19-13-7-4-8-14-19/h3-8,11-14,17H,9-10,16H2,1-2H3. The predicted octanol–water partition coefficient (Wildman–Crippen LogP) is 4.48. The van der Waals surface area contributed by atoms with Crippen molar-refractivity contribution in [3.63, 3.8) is 0 Å². The van der Waals surface area contributed by atoms with Gasteiger partial charge in [-0.2, -0.15) is 5.26 Å². The summed E-state index contributed by atoms with van der Waals surface area (Å²) in [6, 6.07) is 21.7. The molecule has 3 nitrogen and oxygen atoms in total. The highest BCUT2D eigenvalue weighted by molar-refractivity contribution is 5.87. The van der Waals surface area contributed by atoms with Crippen LogP contribution in [0.1, 0.15) is 37.3 Å². The van der Waals surface area contributed by atoms with Gasteiger partial charge in [0.15, 0.2) is 0 Å². The summed E-state index contributed by atoms with van der Waals surface area (Å²) < 4.78 is 5.23. The zero-order valence-corrected chi connectivity index (χ0v) is 14.2. The van der Waals surface area contributed by atoms with Crippen molar-refractivity contribution in [3.8, 4) is 6.07 Å². The van der Waals surface area contributed by atoms with Crippen molar-refractivity contribution < 1.29 is 9.53 Å². The molecule has 2 rings (SSSR count). The second-order valence-electron chi connectivity index (χ2n) is 6.14. The summed E-state index contributed by atoms with van der Waals surface area (Å²) in [6.07, 6.45) is 1.85. The first kappa shape index (κ1) is 17.7. The summed E-state index contributed by atoms with van der Waals surface area (Å²) in [4.78, 5) is 13.0. The topological polar surface area (TPSA) is 50.1 Å². The molecule has 0 aliphatic heterocycles. The van der Waals surface area contributed by atoms with Gasteiger partial charge in [0.1, 0.15) is 5.41 Å². The van der Waals surface area contributed by atoms with E-state index in [-0.39, 0.29) is 11.9 Å². The minimum absolute atomic E-state index is 0.212. The van der Waals surface area contributed by atoms with Crippen molar-refractivity contribution in [3.05, 3.63) is 71.8 Å². The summed E-state index contributed by atoms with van der Waals surface area (Å²) in [5.41, 5.74) is 0.991. The highest BCUT2D eigenvalue weighted by Gasteiger charge is 2.43. The third kappa shape index (κ3) is 3.65. The normalized spacial score (nSPS) is 12.2. The van der Waals surface area contributed by atoms with Crippen molar-refractivity contribution in [1.82, 2.24) is 0 Å². The molecule has 0 saturated heterocycles. The molecule has 1 unspecified atom stereocenters. The highest BCUT2D eigenvalue weighted by atomic mass is 16.5. The summed E-state index contributed by atoms with van der Waals surface area (Å²) in [7, 11) is 1.43. The van der Waals surface area contributed by atoms with Gasteiger partial charge >= 0.3 is 5.97 Å². The molecule has 2 aromatic rings. The lowest BCUT2D eigenvalue weighted by atomic mass is 9.68. The molecular formula is C21H23NO2. The maximum Gasteiger partial charge on any atom is 0.320 e. The van der Waals surface area contributed by atoms with E-state index in [1.165, 1.54) is 7.11 Å². The van der Waals surface area contributed by atoms with Gasteiger partial charge in [-0.3, -0.25) is 4.79 Å². The van der Waals surface area contributed by atoms with E-state index in [0.717, 1.165) is 17.5 Å². The molecule has 1 atom stereocenters. The van der Waals surface area contributed by atoms with Crippen molar-refractivity contribution in [2.24, 2.45) is 5.92 Å². The fraction of sp³-hybridized carbons (Fsp3) is 0.333. The maximum atomic E-state index is 13.0. The zero-order chi connectivity index (χ0) is 17.4. The molecule has 0 heterocycles. The van der Waals surface area contributed by atoms with Crippen LogP contribution in [0.15, 0.2) is 60.7 Å². The molecule has 0 N–H and O–H groups in total. The Morgan fingerprint density at radius 2 is 1.58 bits per heavy atom. The van der Waals surface area contributed by atoms with Crippen molar-refractivity contribution >= 4 is 5.97 Å². The zero-order valence-electron chi connectivity index (χ0n) is 14.2. The molecule has 3 heteroatoms. The monoisotopic (exact) mass is 321 g/mol. The van der Waals surface area contributed by atoms with Crippen LogP contribution in [0, 0.1) is 17.2 Å². The minimum Gasteiger partial charge on any atom is -0.468 e. The Morgan fingerprint density at radius 3 is 2.00 bits per heavy atom. The smallest absolute Gasteiger partial charge is 0.320 e. The summed E-state index contributed by atoms with van der Waals surface area (Å²) >= 11 is 0. The Labute approximate surface area is 143 Å². The molecular weight excluding hydrogens is 298 g/mol. The van der Waals surface area contributed by atoms with Gasteiger partial charge in [-0.15, -0.1) is 0 Å². The number of nitriles is 1. The lowest BCUT2D eigenvalue weighted by molar-refractivity contribution is -0.146. The van der Waals surface area contributed by atoms with E-state index in [1.807, 2.05) is 60.7 Å². The average Bonchev–Trinajstić information content (AvgIpc) is 2.65. The number of rotatable bonds is 7. The maximum absolute atomic E-state index is 13.0. The first-order valence-corrected chi connectivity index (χ1v) is 8.21. The number of hydrogen-bond donors (Lipinski definition) is 0. The van der Waals surface area contributed by atoms with Crippen LogP contribution in [0.2, 0.25) is 0 Å². The van der Waals surface area contributed by atoms with Crippen LogP contribution in [0.3, 0.4) is 0 Å². The Balaban J connectivity index is 2.57. The van der Waals surface area contributed by atoms with Crippen molar-refractivity contribution in [1.29, 1.82) is 5.26 Å². The molecule has 0 bridgehead atoms. The molecule has 0 aliphatic carbocycles. The van der Waals surface area contributed by atoms with E-state index in [4.69, 9.17) is 10.00 Å². The van der Waals surface area contributed by atoms with Gasteiger partial charge < -0.3 is 4.74 Å². The Bertz CT molecular complexity index is 649. The largest absolute Gasteiger partial charge is 0.468 e. The second-order valence-corrected chi connectivity index (χ2v) is 6.14. The van der Waals surface area contributed by atoms with E-state index in [2.05, 4.69) is 13.0 Å². The second kappa shape index (κ2) is 8.31. The van der Waals surface area contributed by atoms with Gasteiger partial charge in [0.05, 0.1) is 13.2 Å². The number of carbonyl (C=O) groups excluding carboxylic acids is 1. The van der Waals surface area contributed by atoms with Gasteiger partial charge in [-0.25, -0.2) is 0 Å². The molecule has 2 aromatic carbocycles. The molecule has 124 valence electrons. The number of ether oxygens (including phenoxy) is 1. The molecule has 0 amide bonds. The SMILES string of the molecule is COC(=O)C(CC(C)CCC#N)(c1ccccc1)c1ccccc1. The fourth-order valence-electron chi connectivity index (χ4n) is 3.28. The Morgan fingerprint density at radius 1 is 1.08 bits per heavy atom. The molecule has 24 heavy (non-hydrogen) atoms. The molecule has 0 saturated carbocycles. The number of carbonyl (C=O) groups is 1. The van der Waals surface area contributed by atoms with Gasteiger partial charge in [-0.1, -0.05) is 67.6 Å². The molecule has 0 radical (unpaired) electrons. The summed E-state index contributed by atoms with van der Waals surface area (Å²) in [5.74, 6) is -0.0483. The Kier molecular flexibility index (Phi) is 6.14. The fourth-order valence-corrected chi connectivity index (χ4v) is 3.28. The van der Waals surface area contributed by atoms with Crippen LogP contribution < -0.4 is 0 Å². The predicted molar refractivity (Wildman–Crippen MR) is 94.3 cm³/mol. The molecule has 0 aromatic heterocycles. The minimum atomic E-state index is -0.855. The first-order valence-electron chi connectivity index (χ1n) is 8.21. The van der Waals surface area contributed by atoms with Crippen LogP contribution in [0.4, 0.5) is 0 Å². The van der Waals surface area contributed by atoms with Gasteiger partial charge in [-0.05, 0) is 29.9 Å². The lowest BCUT2D eigenvalue weighted by Gasteiger charge is -2.34. The van der Waals surface area contributed by atoms with Gasteiger partial charge in [0, 0.05) is 6.42 Å². The van der Waals surface area contributed by atoms with Crippen LogP contribution in [0.25, 0.3) is 0 Å². The number of esters is 1. The van der Waals surface area contributed by atoms with Crippen LogP contribution >= 0.6 is 0 Å². The third-order valence-corrected chi connectivity index (χ3v) is 4.47. The summed E-state index contributed by atoms with van der Waals surface area (Å²) in [6.45, 7) is 2.08. The molecule has 0 spiro atoms. The van der Waals surface area contributed by atoms with Crippen LogP contribution in [-0.4, -0.2) is 13.1 Å². The van der Waals surface area contributed by atoms with Crippen molar-refractivity contribution in [2.45, 2.75) is 31.6 Å². The van der Waals surface area contributed by atoms with E-state index < -0.39 is 5.41 Å². The number of methoxy groups -OCH3 is 1. The quantitative estimate of drug-likeness (QED) is 0.707. The molecule has 0 fully saturated rings. The van der Waals surface area contributed by atoms with Crippen molar-refractivity contribution in [2.75, 3.05) is 7.11 Å². The highest BCUT2D eigenvalue weighted by Crippen LogP contribution is 2.40. The Hall–Kier alpha value is -2.60.